The summed E-state index contributed by atoms with van der Waals surface area (Å²) in [6.45, 7) is 1.27. The highest BCUT2D eigenvalue weighted by molar-refractivity contribution is 8.00. The number of likely N-dealkylation sites (tertiary alicyclic amines) is 1. The fourth-order valence-corrected chi connectivity index (χ4v) is 6.44. The summed E-state index contributed by atoms with van der Waals surface area (Å²) in [5.74, 6) is 1.17. The molecule has 5 unspecified atom stereocenters. The zero-order chi connectivity index (χ0) is 22.5. The Hall–Kier alpha value is -1.40. The van der Waals surface area contributed by atoms with Crippen LogP contribution < -0.4 is 16.0 Å². The number of fused-ring (bicyclic) bond motifs is 1. The number of thioether (sulfide) groups is 1. The Bertz CT molecular complexity index is 668. The summed E-state index contributed by atoms with van der Waals surface area (Å²) in [6, 6.07) is -1.13. The molecule has 3 heterocycles. The first-order valence-corrected chi connectivity index (χ1v) is 12.0. The lowest BCUT2D eigenvalue weighted by Gasteiger charge is -2.44. The van der Waals surface area contributed by atoms with Crippen molar-refractivity contribution < 1.29 is 29.7 Å². The van der Waals surface area contributed by atoms with Crippen molar-refractivity contribution in [2.45, 2.75) is 74.6 Å². The van der Waals surface area contributed by atoms with E-state index in [1.54, 1.807) is 4.90 Å². The summed E-state index contributed by atoms with van der Waals surface area (Å²) in [5, 5.41) is 38.9. The molecule has 0 radical (unpaired) electrons. The second-order valence-electron chi connectivity index (χ2n) is 8.74. The lowest BCUT2D eigenvalue weighted by molar-refractivity contribution is -0.132. The quantitative estimate of drug-likeness (QED) is 0.220. The number of rotatable bonds is 9. The molecule has 0 saturated carbocycles. The Balaban J connectivity index is 1.38. The highest BCUT2D eigenvalue weighted by Crippen LogP contribution is 2.39. The number of aliphatic hydroxyl groups is 3. The number of carbonyl (C=O) groups excluding carboxylic acids is 3. The Morgan fingerprint density at radius 2 is 2.03 bits per heavy atom. The highest BCUT2D eigenvalue weighted by atomic mass is 32.2. The summed E-state index contributed by atoms with van der Waals surface area (Å²) in [6.07, 6.45) is 1.20. The predicted octanol–water partition coefficient (Wildman–Crippen LogP) is -1.86. The van der Waals surface area contributed by atoms with E-state index in [1.165, 1.54) is 6.92 Å². The highest BCUT2D eigenvalue weighted by Gasteiger charge is 2.43. The molecule has 3 rings (SSSR count). The Morgan fingerprint density at radius 3 is 2.74 bits per heavy atom. The SMILES string of the molecule is CC(=O)NC1CN(CNC(=O)CCCCC2SCC3CC(=O)NC32)C(CO)[C@@H](O)[C@@H]1O. The predicted molar refractivity (Wildman–Crippen MR) is 115 cm³/mol. The van der Waals surface area contributed by atoms with Crippen molar-refractivity contribution >= 4 is 29.5 Å². The van der Waals surface area contributed by atoms with Crippen LogP contribution in [0.5, 0.6) is 0 Å². The summed E-state index contributed by atoms with van der Waals surface area (Å²) in [4.78, 5) is 36.8. The molecule has 11 heteroatoms. The molecule has 3 fully saturated rings. The largest absolute Gasteiger partial charge is 0.395 e. The van der Waals surface area contributed by atoms with Gasteiger partial charge in [0.15, 0.2) is 0 Å². The van der Waals surface area contributed by atoms with Crippen LogP contribution in [-0.4, -0.2) is 99.1 Å². The van der Waals surface area contributed by atoms with Gasteiger partial charge in [-0.05, 0) is 24.5 Å². The first kappa shape index (κ1) is 24.2. The van der Waals surface area contributed by atoms with E-state index in [0.29, 0.717) is 24.0 Å². The number of hydrogen-bond donors (Lipinski definition) is 6. The molecule has 0 spiro atoms. The molecule has 176 valence electrons. The number of nitrogens with one attached hydrogen (secondary N) is 3. The molecular weight excluding hydrogens is 424 g/mol. The summed E-state index contributed by atoms with van der Waals surface area (Å²) in [5.41, 5.74) is 0. The average Bonchev–Trinajstić information content (AvgIpc) is 3.26. The fourth-order valence-electron chi connectivity index (χ4n) is 4.78. The molecule has 0 aromatic rings. The van der Waals surface area contributed by atoms with Gasteiger partial charge < -0.3 is 31.3 Å². The van der Waals surface area contributed by atoms with Gasteiger partial charge in [0.05, 0.1) is 31.5 Å². The number of piperidine rings is 1. The van der Waals surface area contributed by atoms with E-state index in [9.17, 15) is 29.7 Å². The van der Waals surface area contributed by atoms with Crippen molar-refractivity contribution in [1.29, 1.82) is 0 Å². The zero-order valence-electron chi connectivity index (χ0n) is 17.8. The fraction of sp³-hybridized carbons (Fsp3) is 0.850. The Labute approximate surface area is 186 Å². The molecule has 7 atom stereocenters. The molecule has 0 aromatic heterocycles. The molecular formula is C20H34N4O6S. The van der Waals surface area contributed by atoms with Gasteiger partial charge in [0.2, 0.25) is 17.7 Å². The molecule has 3 aliphatic heterocycles. The minimum atomic E-state index is -1.24. The van der Waals surface area contributed by atoms with E-state index in [-0.39, 0.29) is 43.6 Å². The van der Waals surface area contributed by atoms with Crippen LogP contribution >= 0.6 is 11.8 Å². The van der Waals surface area contributed by atoms with Crippen LogP contribution in [0.3, 0.4) is 0 Å². The third-order valence-corrected chi connectivity index (χ3v) is 8.04. The van der Waals surface area contributed by atoms with E-state index in [4.69, 9.17) is 0 Å². The van der Waals surface area contributed by atoms with Crippen LogP contribution in [0.2, 0.25) is 0 Å². The molecule has 0 aliphatic carbocycles. The van der Waals surface area contributed by atoms with Crippen molar-refractivity contribution in [3.8, 4) is 0 Å². The minimum Gasteiger partial charge on any atom is -0.395 e. The second-order valence-corrected chi connectivity index (χ2v) is 10.0. The van der Waals surface area contributed by atoms with Gasteiger partial charge in [-0.15, -0.1) is 0 Å². The van der Waals surface area contributed by atoms with Gasteiger partial charge in [-0.3, -0.25) is 19.3 Å². The van der Waals surface area contributed by atoms with Crippen molar-refractivity contribution in [3.05, 3.63) is 0 Å². The van der Waals surface area contributed by atoms with Gasteiger partial charge in [-0.2, -0.15) is 11.8 Å². The number of unbranched alkanes of at least 4 members (excludes halogenated alkanes) is 1. The van der Waals surface area contributed by atoms with Crippen LogP contribution in [-0.2, 0) is 14.4 Å². The number of aliphatic hydroxyl groups excluding tert-OH is 3. The van der Waals surface area contributed by atoms with Crippen molar-refractivity contribution in [1.82, 2.24) is 20.9 Å². The van der Waals surface area contributed by atoms with Crippen LogP contribution in [0.15, 0.2) is 0 Å². The first-order valence-electron chi connectivity index (χ1n) is 11.0. The molecule has 0 aromatic carbocycles. The van der Waals surface area contributed by atoms with Gasteiger partial charge in [-0.25, -0.2) is 0 Å². The Morgan fingerprint density at radius 1 is 1.26 bits per heavy atom. The third-order valence-electron chi connectivity index (χ3n) is 6.46. The standard InChI is InChI=1S/C20H34N4O6S/c1-11(26)22-13-7-24(14(8-25)20(30)19(13)29)10-21-16(27)5-3-2-4-15-18-12(9-31-15)6-17(28)23-18/h12-15,18-20,25,29-30H,2-10H2,1H3,(H,21,27)(H,22,26)(H,23,28)/t12?,13?,14?,15?,18?,19-,20-/m1/s1. The molecule has 3 aliphatic rings. The van der Waals surface area contributed by atoms with Gasteiger partial charge >= 0.3 is 0 Å². The molecule has 0 bridgehead atoms. The van der Waals surface area contributed by atoms with Crippen LogP contribution in [0.1, 0.15) is 39.0 Å². The van der Waals surface area contributed by atoms with E-state index < -0.39 is 24.3 Å². The van der Waals surface area contributed by atoms with Crippen LogP contribution in [0, 0.1) is 5.92 Å². The van der Waals surface area contributed by atoms with Crippen LogP contribution in [0.4, 0.5) is 0 Å². The number of hydrogen-bond acceptors (Lipinski definition) is 8. The van der Waals surface area contributed by atoms with Crippen LogP contribution in [0.25, 0.3) is 0 Å². The lowest BCUT2D eigenvalue weighted by Crippen LogP contribution is -2.67. The zero-order valence-corrected chi connectivity index (χ0v) is 18.6. The molecule has 6 N–H and O–H groups in total. The number of nitrogens with zero attached hydrogens (tertiary/aromatic N) is 1. The van der Waals surface area contributed by atoms with E-state index in [2.05, 4.69) is 16.0 Å². The minimum absolute atomic E-state index is 0.109. The second kappa shape index (κ2) is 11.0. The van der Waals surface area contributed by atoms with Gasteiger partial charge in [0.25, 0.3) is 0 Å². The van der Waals surface area contributed by atoms with Crippen molar-refractivity contribution in [3.63, 3.8) is 0 Å². The topological polar surface area (TPSA) is 151 Å². The van der Waals surface area contributed by atoms with Crippen molar-refractivity contribution in [2.24, 2.45) is 5.92 Å². The molecule has 10 nitrogen and oxygen atoms in total. The molecule has 3 saturated heterocycles. The summed E-state index contributed by atoms with van der Waals surface area (Å²) >= 11 is 1.91. The van der Waals surface area contributed by atoms with Gasteiger partial charge in [-0.1, -0.05) is 6.42 Å². The van der Waals surface area contributed by atoms with Gasteiger partial charge in [0.1, 0.15) is 6.10 Å². The molecule has 3 amide bonds. The number of amides is 3. The monoisotopic (exact) mass is 458 g/mol. The first-order chi connectivity index (χ1) is 14.8. The summed E-state index contributed by atoms with van der Waals surface area (Å²) in [7, 11) is 0. The maximum absolute atomic E-state index is 12.3. The average molecular weight is 459 g/mol. The van der Waals surface area contributed by atoms with Gasteiger partial charge in [0, 0.05) is 37.6 Å². The normalized spacial score (nSPS) is 35.5. The maximum Gasteiger partial charge on any atom is 0.220 e. The summed E-state index contributed by atoms with van der Waals surface area (Å²) < 4.78 is 0. The smallest absolute Gasteiger partial charge is 0.220 e. The van der Waals surface area contributed by atoms with E-state index in [0.717, 1.165) is 25.0 Å². The molecule has 31 heavy (non-hydrogen) atoms. The van der Waals surface area contributed by atoms with E-state index in [1.807, 2.05) is 11.8 Å². The lowest BCUT2D eigenvalue weighted by atomic mass is 9.92. The number of carbonyl (C=O) groups is 3. The maximum atomic E-state index is 12.3. The Kier molecular flexibility index (Phi) is 8.57. The van der Waals surface area contributed by atoms with E-state index >= 15 is 0 Å². The van der Waals surface area contributed by atoms with Crippen molar-refractivity contribution in [2.75, 3.05) is 25.6 Å². The third kappa shape index (κ3) is 6.10.